The van der Waals surface area contributed by atoms with Crippen molar-refractivity contribution in [1.29, 1.82) is 5.26 Å². The first kappa shape index (κ1) is 13.8. The van der Waals surface area contributed by atoms with E-state index in [1.807, 2.05) is 6.07 Å². The minimum Gasteiger partial charge on any atom is -0.317 e. The molecule has 102 valence electrons. The zero-order valence-corrected chi connectivity index (χ0v) is 10.3. The molecule has 0 saturated carbocycles. The maximum atomic E-state index is 12.5. The van der Waals surface area contributed by atoms with Gasteiger partial charge in [-0.15, -0.1) is 0 Å². The Balaban J connectivity index is 2.19. The van der Waals surface area contributed by atoms with Gasteiger partial charge in [0.2, 0.25) is 0 Å². The van der Waals surface area contributed by atoms with Crippen molar-refractivity contribution < 1.29 is 13.2 Å². The molecule has 1 saturated heterocycles. The van der Waals surface area contributed by atoms with E-state index in [4.69, 9.17) is 5.26 Å². The molecule has 1 aliphatic heterocycles. The van der Waals surface area contributed by atoms with Crippen molar-refractivity contribution in [1.82, 2.24) is 10.3 Å². The molecule has 6 heteroatoms. The molecule has 0 aromatic carbocycles. The average Bonchev–Trinajstić information content (AvgIpc) is 2.39. The SMILES string of the molecule is N#Cc1cc(C(F)(F)F)ncc1CC1CCNCC1. The van der Waals surface area contributed by atoms with Crippen LogP contribution >= 0.6 is 0 Å². The Labute approximate surface area is 109 Å². The van der Waals surface area contributed by atoms with Crippen molar-refractivity contribution in [2.24, 2.45) is 5.92 Å². The van der Waals surface area contributed by atoms with E-state index >= 15 is 0 Å². The number of rotatable bonds is 2. The van der Waals surface area contributed by atoms with Gasteiger partial charge in [-0.3, -0.25) is 4.98 Å². The van der Waals surface area contributed by atoms with E-state index in [0.29, 0.717) is 17.9 Å². The van der Waals surface area contributed by atoms with Gasteiger partial charge in [0.15, 0.2) is 0 Å². The Kier molecular flexibility index (Phi) is 4.05. The Bertz CT molecular complexity index is 485. The van der Waals surface area contributed by atoms with Gasteiger partial charge in [0, 0.05) is 6.20 Å². The number of alkyl halides is 3. The molecule has 0 spiro atoms. The number of hydrogen-bond acceptors (Lipinski definition) is 3. The minimum atomic E-state index is -4.50. The van der Waals surface area contributed by atoms with Crippen LogP contribution in [0.5, 0.6) is 0 Å². The quantitative estimate of drug-likeness (QED) is 0.897. The van der Waals surface area contributed by atoms with Crippen molar-refractivity contribution in [3.05, 3.63) is 29.1 Å². The summed E-state index contributed by atoms with van der Waals surface area (Å²) in [5, 5.41) is 12.2. The van der Waals surface area contributed by atoms with E-state index < -0.39 is 11.9 Å². The average molecular weight is 269 g/mol. The summed E-state index contributed by atoms with van der Waals surface area (Å²) < 4.78 is 37.5. The van der Waals surface area contributed by atoms with Gasteiger partial charge in [-0.05, 0) is 49.9 Å². The lowest BCUT2D eigenvalue weighted by Crippen LogP contribution is -2.28. The van der Waals surface area contributed by atoms with Crippen molar-refractivity contribution in [2.75, 3.05) is 13.1 Å². The van der Waals surface area contributed by atoms with Crippen LogP contribution in [0.2, 0.25) is 0 Å². The Morgan fingerprint density at radius 1 is 1.37 bits per heavy atom. The van der Waals surface area contributed by atoms with Gasteiger partial charge in [-0.2, -0.15) is 18.4 Å². The van der Waals surface area contributed by atoms with E-state index in [0.717, 1.165) is 32.0 Å². The number of nitrogens with zero attached hydrogens (tertiary/aromatic N) is 2. The molecule has 19 heavy (non-hydrogen) atoms. The first-order valence-corrected chi connectivity index (χ1v) is 6.17. The third-order valence-electron chi connectivity index (χ3n) is 3.36. The molecule has 0 aliphatic carbocycles. The predicted octanol–water partition coefficient (Wildman–Crippen LogP) is 2.51. The van der Waals surface area contributed by atoms with Crippen molar-refractivity contribution in [3.8, 4) is 6.07 Å². The second-order valence-electron chi connectivity index (χ2n) is 4.73. The van der Waals surface area contributed by atoms with Gasteiger partial charge in [-0.1, -0.05) is 0 Å². The fourth-order valence-electron chi connectivity index (χ4n) is 2.30. The molecule has 0 atom stereocenters. The lowest BCUT2D eigenvalue weighted by molar-refractivity contribution is -0.141. The fraction of sp³-hybridized carbons (Fsp3) is 0.538. The lowest BCUT2D eigenvalue weighted by atomic mass is 9.90. The second kappa shape index (κ2) is 5.57. The van der Waals surface area contributed by atoms with Crippen LogP contribution in [0.1, 0.15) is 29.7 Å². The zero-order valence-electron chi connectivity index (χ0n) is 10.3. The molecule has 1 fully saturated rings. The molecule has 0 radical (unpaired) electrons. The highest BCUT2D eigenvalue weighted by atomic mass is 19.4. The highest BCUT2D eigenvalue weighted by molar-refractivity contribution is 5.38. The fourth-order valence-corrected chi connectivity index (χ4v) is 2.30. The molecule has 0 bridgehead atoms. The largest absolute Gasteiger partial charge is 0.433 e. The summed E-state index contributed by atoms with van der Waals surface area (Å²) in [7, 11) is 0. The Hall–Kier alpha value is -1.61. The number of hydrogen-bond donors (Lipinski definition) is 1. The summed E-state index contributed by atoms with van der Waals surface area (Å²) in [5.74, 6) is 0.409. The molecule has 1 aliphatic rings. The number of pyridine rings is 1. The van der Waals surface area contributed by atoms with Crippen LogP contribution in [-0.4, -0.2) is 18.1 Å². The summed E-state index contributed by atoms with van der Waals surface area (Å²) in [4.78, 5) is 3.43. The number of piperidine rings is 1. The second-order valence-corrected chi connectivity index (χ2v) is 4.73. The first-order chi connectivity index (χ1) is 9.00. The van der Waals surface area contributed by atoms with Crippen molar-refractivity contribution in [2.45, 2.75) is 25.4 Å². The molecule has 0 unspecified atom stereocenters. The molecule has 1 aromatic rings. The van der Waals surface area contributed by atoms with E-state index in [1.54, 1.807) is 0 Å². The standard InChI is InChI=1S/C13H14F3N3/c14-13(15,16)12-6-10(7-17)11(8-19-12)5-9-1-3-18-4-2-9/h6,8-9,18H,1-5H2. The molecule has 2 heterocycles. The summed E-state index contributed by atoms with van der Waals surface area (Å²) in [6, 6.07) is 2.69. The molecule has 2 rings (SSSR count). The van der Waals surface area contributed by atoms with Gasteiger partial charge in [0.05, 0.1) is 11.6 Å². The Morgan fingerprint density at radius 3 is 2.63 bits per heavy atom. The van der Waals surface area contributed by atoms with Crippen LogP contribution in [0.25, 0.3) is 0 Å². The van der Waals surface area contributed by atoms with Crippen LogP contribution in [0.15, 0.2) is 12.3 Å². The molecule has 1 N–H and O–H groups in total. The van der Waals surface area contributed by atoms with Crippen LogP contribution in [0, 0.1) is 17.2 Å². The lowest BCUT2D eigenvalue weighted by Gasteiger charge is -2.22. The molecular formula is C13H14F3N3. The van der Waals surface area contributed by atoms with Gasteiger partial charge >= 0.3 is 6.18 Å². The molecular weight excluding hydrogens is 255 g/mol. The zero-order chi connectivity index (χ0) is 13.9. The number of nitriles is 1. The van der Waals surface area contributed by atoms with Crippen molar-refractivity contribution >= 4 is 0 Å². The first-order valence-electron chi connectivity index (χ1n) is 6.17. The molecule has 1 aromatic heterocycles. The van der Waals surface area contributed by atoms with Gasteiger partial charge in [0.25, 0.3) is 0 Å². The third kappa shape index (κ3) is 3.44. The van der Waals surface area contributed by atoms with Crippen molar-refractivity contribution in [3.63, 3.8) is 0 Å². The molecule has 3 nitrogen and oxygen atoms in total. The number of nitrogens with one attached hydrogen (secondary N) is 1. The topological polar surface area (TPSA) is 48.7 Å². The van der Waals surface area contributed by atoms with Crippen LogP contribution in [-0.2, 0) is 12.6 Å². The smallest absolute Gasteiger partial charge is 0.317 e. The number of halogens is 3. The Morgan fingerprint density at radius 2 is 2.05 bits per heavy atom. The highest BCUT2D eigenvalue weighted by Crippen LogP contribution is 2.29. The van der Waals surface area contributed by atoms with E-state index in [2.05, 4.69) is 10.3 Å². The van der Waals surface area contributed by atoms with Gasteiger partial charge in [-0.25, -0.2) is 0 Å². The summed E-state index contributed by atoms with van der Waals surface area (Å²) in [5.41, 5.74) is -0.304. The highest BCUT2D eigenvalue weighted by Gasteiger charge is 2.33. The predicted molar refractivity (Wildman–Crippen MR) is 63.3 cm³/mol. The van der Waals surface area contributed by atoms with Crippen LogP contribution < -0.4 is 5.32 Å². The summed E-state index contributed by atoms with van der Waals surface area (Å²) in [6.45, 7) is 1.83. The van der Waals surface area contributed by atoms with Crippen LogP contribution in [0.3, 0.4) is 0 Å². The van der Waals surface area contributed by atoms with Gasteiger partial charge < -0.3 is 5.32 Å². The van der Waals surface area contributed by atoms with Gasteiger partial charge in [0.1, 0.15) is 5.69 Å². The maximum absolute atomic E-state index is 12.5. The van der Waals surface area contributed by atoms with E-state index in [9.17, 15) is 13.2 Å². The normalized spacial score (nSPS) is 17.2. The molecule has 0 amide bonds. The third-order valence-corrected chi connectivity index (χ3v) is 3.36. The maximum Gasteiger partial charge on any atom is 0.433 e. The summed E-state index contributed by atoms with van der Waals surface area (Å²) in [6.07, 6.45) is -0.726. The minimum absolute atomic E-state index is 0.0841. The number of aromatic nitrogens is 1. The van der Waals surface area contributed by atoms with E-state index in [1.165, 1.54) is 6.20 Å². The summed E-state index contributed by atoms with van der Waals surface area (Å²) >= 11 is 0. The van der Waals surface area contributed by atoms with E-state index in [-0.39, 0.29) is 5.56 Å². The van der Waals surface area contributed by atoms with Crippen LogP contribution in [0.4, 0.5) is 13.2 Å². The monoisotopic (exact) mass is 269 g/mol.